The number of carbonyl (C=O) groups is 1. The summed E-state index contributed by atoms with van der Waals surface area (Å²) in [6.45, 7) is 0.487. The van der Waals surface area contributed by atoms with Crippen molar-refractivity contribution >= 4 is 16.0 Å². The van der Waals surface area contributed by atoms with Crippen LogP contribution >= 0.6 is 0 Å². The van der Waals surface area contributed by atoms with Crippen LogP contribution in [-0.4, -0.2) is 26.0 Å². The molecule has 0 heterocycles. The van der Waals surface area contributed by atoms with Crippen molar-refractivity contribution in [1.29, 1.82) is 0 Å². The van der Waals surface area contributed by atoms with Gasteiger partial charge in [-0.25, -0.2) is 17.9 Å². The van der Waals surface area contributed by atoms with Gasteiger partial charge in [0.1, 0.15) is 0 Å². The maximum Gasteiger partial charge on any atom is 0.335 e. The Morgan fingerprint density at radius 2 is 1.95 bits per heavy atom. The van der Waals surface area contributed by atoms with E-state index >= 15 is 0 Å². The molecule has 1 aliphatic carbocycles. The van der Waals surface area contributed by atoms with Crippen molar-refractivity contribution in [2.24, 2.45) is 5.92 Å². The number of hydrogen-bond donors (Lipinski definition) is 2. The molecule has 0 spiro atoms. The Labute approximate surface area is 125 Å². The summed E-state index contributed by atoms with van der Waals surface area (Å²) in [4.78, 5) is 10.9. The first-order valence-corrected chi connectivity index (χ1v) is 8.91. The van der Waals surface area contributed by atoms with E-state index in [0.29, 0.717) is 18.0 Å². The molecule has 1 fully saturated rings. The standard InChI is InChI=1S/C15H21NO4S/c17-15(18)14-8-4-7-13(9-14)11-21(19,20)16-10-12-5-2-1-3-6-12/h4,7-9,12,16H,1-3,5-6,10-11H2,(H,17,18). The summed E-state index contributed by atoms with van der Waals surface area (Å²) < 4.78 is 26.8. The van der Waals surface area contributed by atoms with Gasteiger partial charge in [0, 0.05) is 6.54 Å². The third-order valence-corrected chi connectivity index (χ3v) is 5.17. The zero-order valence-corrected chi connectivity index (χ0v) is 12.7. The van der Waals surface area contributed by atoms with E-state index in [4.69, 9.17) is 5.11 Å². The highest BCUT2D eigenvalue weighted by Crippen LogP contribution is 2.23. The van der Waals surface area contributed by atoms with Crippen molar-refractivity contribution in [2.45, 2.75) is 37.9 Å². The fraction of sp³-hybridized carbons (Fsp3) is 0.533. The molecule has 1 saturated carbocycles. The monoisotopic (exact) mass is 311 g/mol. The van der Waals surface area contributed by atoms with Crippen LogP contribution in [-0.2, 0) is 15.8 Å². The molecule has 0 radical (unpaired) electrons. The molecule has 21 heavy (non-hydrogen) atoms. The molecule has 0 bridgehead atoms. The van der Waals surface area contributed by atoms with Gasteiger partial charge in [-0.1, -0.05) is 31.4 Å². The smallest absolute Gasteiger partial charge is 0.335 e. The maximum atomic E-state index is 12.1. The predicted molar refractivity (Wildman–Crippen MR) is 80.6 cm³/mol. The van der Waals surface area contributed by atoms with E-state index in [0.717, 1.165) is 12.8 Å². The molecular formula is C15H21NO4S. The largest absolute Gasteiger partial charge is 0.478 e. The molecule has 2 N–H and O–H groups in total. The van der Waals surface area contributed by atoms with Crippen molar-refractivity contribution in [3.63, 3.8) is 0 Å². The molecular weight excluding hydrogens is 290 g/mol. The molecule has 0 amide bonds. The second-order valence-corrected chi connectivity index (χ2v) is 7.42. The van der Waals surface area contributed by atoms with Crippen LogP contribution in [0, 0.1) is 5.92 Å². The lowest BCUT2D eigenvalue weighted by Crippen LogP contribution is -2.31. The highest BCUT2D eigenvalue weighted by atomic mass is 32.2. The minimum Gasteiger partial charge on any atom is -0.478 e. The highest BCUT2D eigenvalue weighted by Gasteiger charge is 2.18. The molecule has 0 aromatic heterocycles. The van der Waals surface area contributed by atoms with Crippen molar-refractivity contribution in [1.82, 2.24) is 4.72 Å². The number of hydrogen-bond acceptors (Lipinski definition) is 3. The third-order valence-electron chi connectivity index (χ3n) is 3.85. The van der Waals surface area contributed by atoms with Crippen LogP contribution in [0.2, 0.25) is 0 Å². The van der Waals surface area contributed by atoms with E-state index in [1.54, 1.807) is 12.1 Å². The number of benzene rings is 1. The highest BCUT2D eigenvalue weighted by molar-refractivity contribution is 7.88. The quantitative estimate of drug-likeness (QED) is 0.845. The Balaban J connectivity index is 1.93. The lowest BCUT2D eigenvalue weighted by atomic mass is 9.90. The molecule has 0 aliphatic heterocycles. The van der Waals surface area contributed by atoms with Crippen LogP contribution in [0.4, 0.5) is 0 Å². The fourth-order valence-corrected chi connectivity index (χ4v) is 3.91. The van der Waals surface area contributed by atoms with Gasteiger partial charge in [0.15, 0.2) is 0 Å². The second kappa shape index (κ2) is 7.04. The lowest BCUT2D eigenvalue weighted by molar-refractivity contribution is 0.0696. The Morgan fingerprint density at radius 3 is 2.62 bits per heavy atom. The molecule has 1 aromatic rings. The molecule has 1 aromatic carbocycles. The molecule has 2 rings (SSSR count). The zero-order chi connectivity index (χ0) is 15.3. The molecule has 116 valence electrons. The van der Waals surface area contributed by atoms with E-state index in [9.17, 15) is 13.2 Å². The summed E-state index contributed by atoms with van der Waals surface area (Å²) in [5.74, 6) is -0.802. The molecule has 0 atom stereocenters. The Morgan fingerprint density at radius 1 is 1.24 bits per heavy atom. The topological polar surface area (TPSA) is 83.5 Å². The molecule has 5 nitrogen and oxygen atoms in total. The number of nitrogens with one attached hydrogen (secondary N) is 1. The summed E-state index contributed by atoms with van der Waals surface area (Å²) in [6.07, 6.45) is 5.75. The number of carboxylic acid groups (broad SMARTS) is 1. The number of aromatic carboxylic acids is 1. The van der Waals surface area contributed by atoms with Crippen LogP contribution < -0.4 is 4.72 Å². The lowest BCUT2D eigenvalue weighted by Gasteiger charge is -2.21. The van der Waals surface area contributed by atoms with E-state index in [1.165, 1.54) is 31.4 Å². The first-order chi connectivity index (χ1) is 9.96. The predicted octanol–water partition coefficient (Wildman–Crippen LogP) is 2.38. The summed E-state index contributed by atoms with van der Waals surface area (Å²) in [6, 6.07) is 6.05. The number of sulfonamides is 1. The molecule has 6 heteroatoms. The summed E-state index contributed by atoms with van der Waals surface area (Å²) in [5, 5.41) is 8.92. The fourth-order valence-electron chi connectivity index (χ4n) is 2.70. The first kappa shape index (κ1) is 16.0. The van der Waals surface area contributed by atoms with E-state index in [-0.39, 0.29) is 11.3 Å². The van der Waals surface area contributed by atoms with Gasteiger partial charge < -0.3 is 5.11 Å². The van der Waals surface area contributed by atoms with Gasteiger partial charge in [0.2, 0.25) is 10.0 Å². The summed E-state index contributed by atoms with van der Waals surface area (Å²) in [5.41, 5.74) is 0.598. The summed E-state index contributed by atoms with van der Waals surface area (Å²) in [7, 11) is -3.42. The van der Waals surface area contributed by atoms with Crippen molar-refractivity contribution in [2.75, 3.05) is 6.54 Å². The van der Waals surface area contributed by atoms with Gasteiger partial charge in [-0.05, 0) is 36.5 Å². The second-order valence-electron chi connectivity index (χ2n) is 5.62. The van der Waals surface area contributed by atoms with Gasteiger partial charge in [-0.2, -0.15) is 0 Å². The van der Waals surface area contributed by atoms with Crippen LogP contribution in [0.5, 0.6) is 0 Å². The van der Waals surface area contributed by atoms with Crippen molar-refractivity contribution in [3.8, 4) is 0 Å². The molecule has 0 saturated heterocycles. The normalized spacial score (nSPS) is 16.8. The van der Waals surface area contributed by atoms with Gasteiger partial charge >= 0.3 is 5.97 Å². The minimum absolute atomic E-state index is 0.106. The average molecular weight is 311 g/mol. The van der Waals surface area contributed by atoms with Crippen LogP contribution in [0.25, 0.3) is 0 Å². The Bertz CT molecular complexity index is 591. The van der Waals surface area contributed by atoms with E-state index in [1.807, 2.05) is 0 Å². The first-order valence-electron chi connectivity index (χ1n) is 7.26. The Hall–Kier alpha value is -1.40. The van der Waals surface area contributed by atoms with E-state index in [2.05, 4.69) is 4.72 Å². The maximum absolute atomic E-state index is 12.1. The summed E-state index contributed by atoms with van der Waals surface area (Å²) >= 11 is 0. The van der Waals surface area contributed by atoms with Gasteiger partial charge in [0.25, 0.3) is 0 Å². The Kier molecular flexibility index (Phi) is 5.36. The van der Waals surface area contributed by atoms with Crippen molar-refractivity contribution in [3.05, 3.63) is 35.4 Å². The number of rotatable bonds is 6. The van der Waals surface area contributed by atoms with Gasteiger partial charge in [-0.15, -0.1) is 0 Å². The molecule has 0 unspecified atom stereocenters. The third kappa shape index (κ3) is 5.13. The SMILES string of the molecule is O=C(O)c1cccc(CS(=O)(=O)NCC2CCCCC2)c1. The zero-order valence-electron chi connectivity index (χ0n) is 11.9. The minimum atomic E-state index is -3.42. The van der Waals surface area contributed by atoms with Crippen LogP contribution in [0.3, 0.4) is 0 Å². The van der Waals surface area contributed by atoms with Crippen LogP contribution in [0.1, 0.15) is 48.0 Å². The van der Waals surface area contributed by atoms with E-state index < -0.39 is 16.0 Å². The average Bonchev–Trinajstić information content (AvgIpc) is 2.46. The number of carboxylic acids is 1. The van der Waals surface area contributed by atoms with Crippen LogP contribution in [0.15, 0.2) is 24.3 Å². The van der Waals surface area contributed by atoms with Gasteiger partial charge in [-0.3, -0.25) is 0 Å². The van der Waals surface area contributed by atoms with Gasteiger partial charge in [0.05, 0.1) is 11.3 Å². The van der Waals surface area contributed by atoms with Crippen molar-refractivity contribution < 1.29 is 18.3 Å². The molecule has 1 aliphatic rings.